The second-order valence-electron chi connectivity index (χ2n) is 3.67. The van der Waals surface area contributed by atoms with Gasteiger partial charge in [0.25, 0.3) is 0 Å². The van der Waals surface area contributed by atoms with Crippen LogP contribution in [-0.4, -0.2) is 10.3 Å². The van der Waals surface area contributed by atoms with Gasteiger partial charge in [-0.2, -0.15) is 0 Å². The topological polar surface area (TPSA) is 46.3 Å². The number of hydrogen-bond acceptors (Lipinski definition) is 3. The summed E-state index contributed by atoms with van der Waals surface area (Å²) in [5, 5.41) is 13.9. The number of hydrogen-bond donors (Lipinski definition) is 1. The van der Waals surface area contributed by atoms with Gasteiger partial charge in [0.1, 0.15) is 11.5 Å². The number of aliphatic hydroxyl groups excluding tert-OH is 1. The standard InChI is InChI=1S/C12H11BrClNO2/c1-7-10(6-16)12(15-17-7)11(13)8-2-4-9(14)5-3-8/h2-5,11,16H,6H2,1H3. The molecule has 1 atom stereocenters. The molecular formula is C12H11BrClNO2. The summed E-state index contributed by atoms with van der Waals surface area (Å²) >= 11 is 9.38. The Labute approximate surface area is 113 Å². The van der Waals surface area contributed by atoms with Gasteiger partial charge >= 0.3 is 0 Å². The first-order valence-corrected chi connectivity index (χ1v) is 6.38. The highest BCUT2D eigenvalue weighted by Gasteiger charge is 2.20. The lowest BCUT2D eigenvalue weighted by Crippen LogP contribution is -1.98. The molecule has 17 heavy (non-hydrogen) atoms. The minimum atomic E-state index is -0.112. The number of aryl methyl sites for hydroxylation is 1. The van der Waals surface area contributed by atoms with Crippen LogP contribution in [0.4, 0.5) is 0 Å². The van der Waals surface area contributed by atoms with E-state index in [0.29, 0.717) is 16.5 Å². The van der Waals surface area contributed by atoms with Crippen molar-refractivity contribution in [3.8, 4) is 0 Å². The summed E-state index contributed by atoms with van der Waals surface area (Å²) in [6, 6.07) is 7.45. The van der Waals surface area contributed by atoms with Crippen LogP contribution in [-0.2, 0) is 6.61 Å². The van der Waals surface area contributed by atoms with Crippen LogP contribution in [0.2, 0.25) is 5.02 Å². The molecule has 0 fully saturated rings. The molecule has 0 radical (unpaired) electrons. The predicted molar refractivity (Wildman–Crippen MR) is 69.4 cm³/mol. The van der Waals surface area contributed by atoms with Crippen molar-refractivity contribution in [2.75, 3.05) is 0 Å². The minimum absolute atomic E-state index is 0.0830. The van der Waals surface area contributed by atoms with Crippen molar-refractivity contribution in [3.63, 3.8) is 0 Å². The van der Waals surface area contributed by atoms with E-state index in [0.717, 1.165) is 11.1 Å². The summed E-state index contributed by atoms with van der Waals surface area (Å²) in [5.74, 6) is 0.640. The molecule has 1 aromatic carbocycles. The zero-order valence-electron chi connectivity index (χ0n) is 9.15. The maximum atomic E-state index is 9.29. The number of rotatable bonds is 3. The monoisotopic (exact) mass is 315 g/mol. The number of alkyl halides is 1. The molecular weight excluding hydrogens is 305 g/mol. The maximum Gasteiger partial charge on any atom is 0.139 e. The second-order valence-corrected chi connectivity index (χ2v) is 5.03. The van der Waals surface area contributed by atoms with E-state index in [9.17, 15) is 5.11 Å². The first-order chi connectivity index (χ1) is 8.13. The highest BCUT2D eigenvalue weighted by Crippen LogP contribution is 2.33. The van der Waals surface area contributed by atoms with E-state index in [1.165, 1.54) is 0 Å². The molecule has 1 aromatic heterocycles. The number of benzene rings is 1. The Balaban J connectivity index is 2.36. The van der Waals surface area contributed by atoms with Gasteiger partial charge in [-0.05, 0) is 24.6 Å². The Morgan fingerprint density at radius 1 is 1.41 bits per heavy atom. The largest absolute Gasteiger partial charge is 0.391 e. The van der Waals surface area contributed by atoms with E-state index in [-0.39, 0.29) is 11.4 Å². The highest BCUT2D eigenvalue weighted by atomic mass is 79.9. The maximum absolute atomic E-state index is 9.29. The van der Waals surface area contributed by atoms with Gasteiger partial charge < -0.3 is 9.63 Å². The van der Waals surface area contributed by atoms with Crippen molar-refractivity contribution in [2.24, 2.45) is 0 Å². The molecule has 0 saturated heterocycles. The molecule has 2 aromatic rings. The smallest absolute Gasteiger partial charge is 0.139 e. The third-order valence-corrected chi connectivity index (χ3v) is 3.79. The van der Waals surface area contributed by atoms with Crippen LogP contribution >= 0.6 is 27.5 Å². The first-order valence-electron chi connectivity index (χ1n) is 5.09. The van der Waals surface area contributed by atoms with Crippen molar-refractivity contribution in [1.29, 1.82) is 0 Å². The van der Waals surface area contributed by atoms with Gasteiger partial charge in [0, 0.05) is 10.6 Å². The van der Waals surface area contributed by atoms with E-state index in [1.54, 1.807) is 6.92 Å². The molecule has 0 saturated carbocycles. The molecule has 2 rings (SSSR count). The van der Waals surface area contributed by atoms with E-state index >= 15 is 0 Å². The number of halogens is 2. The summed E-state index contributed by atoms with van der Waals surface area (Å²) in [6.07, 6.45) is 0. The van der Waals surface area contributed by atoms with Crippen LogP contribution in [0.3, 0.4) is 0 Å². The molecule has 5 heteroatoms. The Hall–Kier alpha value is -0.840. The predicted octanol–water partition coefficient (Wildman–Crippen LogP) is 3.61. The van der Waals surface area contributed by atoms with E-state index in [2.05, 4.69) is 21.1 Å². The van der Waals surface area contributed by atoms with Crippen LogP contribution in [0.15, 0.2) is 28.8 Å². The minimum Gasteiger partial charge on any atom is -0.391 e. The Morgan fingerprint density at radius 2 is 2.06 bits per heavy atom. The summed E-state index contributed by atoms with van der Waals surface area (Å²) in [4.78, 5) is -0.112. The zero-order valence-corrected chi connectivity index (χ0v) is 11.5. The van der Waals surface area contributed by atoms with Gasteiger partial charge in [-0.15, -0.1) is 0 Å². The quantitative estimate of drug-likeness (QED) is 0.880. The molecule has 0 aliphatic carbocycles. The normalized spacial score (nSPS) is 12.7. The van der Waals surface area contributed by atoms with Crippen LogP contribution in [0.25, 0.3) is 0 Å². The zero-order chi connectivity index (χ0) is 12.4. The Morgan fingerprint density at radius 3 is 2.65 bits per heavy atom. The fourth-order valence-corrected chi connectivity index (χ4v) is 2.38. The average Bonchev–Trinajstić information content (AvgIpc) is 2.70. The summed E-state index contributed by atoms with van der Waals surface area (Å²) in [7, 11) is 0. The summed E-state index contributed by atoms with van der Waals surface area (Å²) in [6.45, 7) is 1.70. The van der Waals surface area contributed by atoms with Crippen LogP contribution < -0.4 is 0 Å². The third-order valence-electron chi connectivity index (χ3n) is 2.58. The molecule has 0 aliphatic rings. The SMILES string of the molecule is Cc1onc(C(Br)c2ccc(Cl)cc2)c1CO. The van der Waals surface area contributed by atoms with Gasteiger partial charge in [0.2, 0.25) is 0 Å². The fourth-order valence-electron chi connectivity index (χ4n) is 1.59. The van der Waals surface area contributed by atoms with Gasteiger partial charge in [0.15, 0.2) is 0 Å². The van der Waals surface area contributed by atoms with Crippen molar-refractivity contribution < 1.29 is 9.63 Å². The number of nitrogens with zero attached hydrogens (tertiary/aromatic N) is 1. The average molecular weight is 317 g/mol. The lowest BCUT2D eigenvalue weighted by Gasteiger charge is -2.08. The van der Waals surface area contributed by atoms with Crippen molar-refractivity contribution in [1.82, 2.24) is 5.16 Å². The van der Waals surface area contributed by atoms with E-state index in [1.807, 2.05) is 24.3 Å². The molecule has 90 valence electrons. The van der Waals surface area contributed by atoms with Crippen LogP contribution in [0.5, 0.6) is 0 Å². The van der Waals surface area contributed by atoms with Crippen molar-refractivity contribution in [3.05, 3.63) is 51.9 Å². The van der Waals surface area contributed by atoms with E-state index < -0.39 is 0 Å². The Bertz CT molecular complexity index is 510. The molecule has 0 aliphatic heterocycles. The molecule has 0 amide bonds. The van der Waals surface area contributed by atoms with Crippen LogP contribution in [0, 0.1) is 6.92 Å². The second kappa shape index (κ2) is 5.21. The fraction of sp³-hybridized carbons (Fsp3) is 0.250. The molecule has 3 nitrogen and oxygen atoms in total. The van der Waals surface area contributed by atoms with Gasteiger partial charge in [-0.1, -0.05) is 44.8 Å². The van der Waals surface area contributed by atoms with Gasteiger partial charge in [0.05, 0.1) is 11.4 Å². The van der Waals surface area contributed by atoms with Crippen LogP contribution in [0.1, 0.15) is 27.4 Å². The number of aliphatic hydroxyl groups is 1. The van der Waals surface area contributed by atoms with Crippen molar-refractivity contribution in [2.45, 2.75) is 18.4 Å². The highest BCUT2D eigenvalue weighted by molar-refractivity contribution is 9.09. The third kappa shape index (κ3) is 2.54. The van der Waals surface area contributed by atoms with E-state index in [4.69, 9.17) is 16.1 Å². The van der Waals surface area contributed by atoms with Crippen molar-refractivity contribution >= 4 is 27.5 Å². The van der Waals surface area contributed by atoms with Gasteiger partial charge in [-0.3, -0.25) is 0 Å². The lowest BCUT2D eigenvalue weighted by atomic mass is 10.1. The summed E-state index contributed by atoms with van der Waals surface area (Å²) < 4.78 is 5.09. The molecule has 1 N–H and O–H groups in total. The van der Waals surface area contributed by atoms with Gasteiger partial charge in [-0.25, -0.2) is 0 Å². The first kappa shape index (κ1) is 12.6. The molecule has 1 heterocycles. The molecule has 0 bridgehead atoms. The molecule has 0 spiro atoms. The summed E-state index contributed by atoms with van der Waals surface area (Å²) in [5.41, 5.74) is 2.44. The molecule has 1 unspecified atom stereocenters. The Kier molecular flexibility index (Phi) is 3.86. The number of aromatic nitrogens is 1. The lowest BCUT2D eigenvalue weighted by molar-refractivity contribution is 0.277.